The number of hydrogen-bond donors (Lipinski definition) is 1. The van der Waals surface area contributed by atoms with Crippen molar-refractivity contribution in [2.24, 2.45) is 0 Å². The minimum absolute atomic E-state index is 0.210. The number of nitrogens with one attached hydrogen (secondary N) is 1. The van der Waals surface area contributed by atoms with Gasteiger partial charge in [0.05, 0.1) is 29.4 Å². The van der Waals surface area contributed by atoms with Crippen LogP contribution in [0.4, 0.5) is 5.69 Å². The number of nitrogens with zero attached hydrogens (tertiary/aromatic N) is 1. The summed E-state index contributed by atoms with van der Waals surface area (Å²) in [4.78, 5) is 13.2. The van der Waals surface area contributed by atoms with E-state index < -0.39 is 20.0 Å². The van der Waals surface area contributed by atoms with Crippen molar-refractivity contribution in [2.45, 2.75) is 13.8 Å². The minimum atomic E-state index is -3.83. The number of fused-ring (bicyclic) bond motifs is 1. The van der Waals surface area contributed by atoms with Crippen LogP contribution in [0.2, 0.25) is 0 Å². The molecule has 0 atom stereocenters. The highest BCUT2D eigenvalue weighted by Gasteiger charge is 2.23. The molecule has 3 aromatic carbocycles. The third kappa shape index (κ3) is 4.62. The van der Waals surface area contributed by atoms with Gasteiger partial charge in [-0.1, -0.05) is 42.0 Å². The first-order valence-corrected chi connectivity index (χ1v) is 14.1. The predicted molar refractivity (Wildman–Crippen MR) is 135 cm³/mol. The van der Waals surface area contributed by atoms with Gasteiger partial charge in [-0.25, -0.2) is 20.8 Å². The average molecular weight is 497 g/mol. The Morgan fingerprint density at radius 2 is 1.53 bits per heavy atom. The Morgan fingerprint density at radius 1 is 0.853 bits per heavy atom. The van der Waals surface area contributed by atoms with Gasteiger partial charge in [-0.2, -0.15) is 0 Å². The van der Waals surface area contributed by atoms with Crippen molar-refractivity contribution in [2.75, 3.05) is 17.2 Å². The third-order valence-electron chi connectivity index (χ3n) is 5.46. The fourth-order valence-corrected chi connectivity index (χ4v) is 5.64. The van der Waals surface area contributed by atoms with Crippen LogP contribution in [0.5, 0.6) is 0 Å². The van der Waals surface area contributed by atoms with E-state index in [4.69, 9.17) is 0 Å². The Morgan fingerprint density at radius 3 is 2.15 bits per heavy atom. The van der Waals surface area contributed by atoms with E-state index >= 15 is 0 Å². The van der Waals surface area contributed by atoms with E-state index in [2.05, 4.69) is 4.72 Å². The van der Waals surface area contributed by atoms with Crippen molar-refractivity contribution in [3.05, 3.63) is 89.0 Å². The van der Waals surface area contributed by atoms with E-state index in [0.29, 0.717) is 38.9 Å². The number of carbonyl (C=O) groups excluding carboxylic acids is 1. The van der Waals surface area contributed by atoms with Crippen molar-refractivity contribution in [3.8, 4) is 11.3 Å². The van der Waals surface area contributed by atoms with Crippen LogP contribution < -0.4 is 4.72 Å². The number of rotatable bonds is 6. The molecule has 0 aliphatic carbocycles. The summed E-state index contributed by atoms with van der Waals surface area (Å²) >= 11 is 0. The van der Waals surface area contributed by atoms with E-state index in [1.807, 2.05) is 13.0 Å². The van der Waals surface area contributed by atoms with Gasteiger partial charge in [0.2, 0.25) is 20.0 Å². The van der Waals surface area contributed by atoms with Crippen molar-refractivity contribution in [3.63, 3.8) is 0 Å². The molecule has 4 aromatic rings. The molecule has 0 unspecified atom stereocenters. The summed E-state index contributed by atoms with van der Waals surface area (Å²) in [7, 11) is -7.44. The van der Waals surface area contributed by atoms with Gasteiger partial charge < -0.3 is 0 Å². The lowest BCUT2D eigenvalue weighted by Crippen LogP contribution is -2.14. The zero-order chi connectivity index (χ0) is 24.8. The first-order chi connectivity index (χ1) is 15.8. The van der Waals surface area contributed by atoms with Crippen molar-refractivity contribution in [1.82, 2.24) is 3.97 Å². The fourth-order valence-electron chi connectivity index (χ4n) is 4.04. The predicted octanol–water partition coefficient (Wildman–Crippen LogP) is 4.34. The van der Waals surface area contributed by atoms with Gasteiger partial charge in [-0.05, 0) is 49.7 Å². The summed E-state index contributed by atoms with van der Waals surface area (Å²) in [6.45, 7) is 3.64. The maximum Gasteiger partial charge on any atom is 0.236 e. The molecule has 1 N–H and O–H groups in total. The van der Waals surface area contributed by atoms with Gasteiger partial charge in [0.25, 0.3) is 0 Å². The maximum atomic E-state index is 13.2. The third-order valence-corrected chi connectivity index (χ3v) is 7.11. The van der Waals surface area contributed by atoms with Crippen molar-refractivity contribution >= 4 is 42.4 Å². The fraction of sp³-hybridized carbons (Fsp3) is 0.160. The summed E-state index contributed by atoms with van der Waals surface area (Å²) < 4.78 is 53.4. The second kappa shape index (κ2) is 8.41. The SMILES string of the molecule is Cc1ccc(NS(C)(=O)=O)c(-c2cc3cc(C)c(C(=O)c4ccccc4)cc3n2S(C)(=O)=O)c1. The highest BCUT2D eigenvalue weighted by atomic mass is 32.2. The molecule has 0 saturated heterocycles. The molecular formula is C25H24N2O5S2. The smallest absolute Gasteiger partial charge is 0.236 e. The van der Waals surface area contributed by atoms with Gasteiger partial charge >= 0.3 is 0 Å². The number of aromatic nitrogens is 1. The van der Waals surface area contributed by atoms with Crippen molar-refractivity contribution in [1.29, 1.82) is 0 Å². The number of hydrogen-bond acceptors (Lipinski definition) is 5. The quantitative estimate of drug-likeness (QED) is 0.400. The lowest BCUT2D eigenvalue weighted by molar-refractivity contribution is 0.103. The van der Waals surface area contributed by atoms with Crippen LogP contribution in [-0.2, 0) is 20.0 Å². The molecule has 4 rings (SSSR count). The highest BCUT2D eigenvalue weighted by Crippen LogP contribution is 2.36. The lowest BCUT2D eigenvalue weighted by Gasteiger charge is -2.14. The monoisotopic (exact) mass is 496 g/mol. The standard InChI is InChI=1S/C25H24N2O5S2/c1-16-10-11-22(26-33(3,29)30)21(12-16)24-14-19-13-17(2)20(15-23(19)27(24)34(4,31)32)25(28)18-8-6-5-7-9-18/h5-15,26H,1-4H3. The summed E-state index contributed by atoms with van der Waals surface area (Å²) in [6, 6.07) is 18.9. The molecule has 0 spiro atoms. The van der Waals surface area contributed by atoms with E-state index in [9.17, 15) is 21.6 Å². The molecule has 1 aromatic heterocycles. The van der Waals surface area contributed by atoms with E-state index in [1.54, 1.807) is 67.6 Å². The minimum Gasteiger partial charge on any atom is -0.289 e. The number of anilines is 1. The summed E-state index contributed by atoms with van der Waals surface area (Å²) in [5, 5.41) is 0.620. The number of aryl methyl sites for hydroxylation is 2. The van der Waals surface area contributed by atoms with Crippen LogP contribution >= 0.6 is 0 Å². The van der Waals surface area contributed by atoms with Crippen LogP contribution in [0.25, 0.3) is 22.2 Å². The molecule has 0 aliphatic heterocycles. The Bertz CT molecular complexity index is 1650. The Hall–Kier alpha value is -3.43. The summed E-state index contributed by atoms with van der Waals surface area (Å²) in [5.41, 5.74) is 3.75. The normalized spacial score (nSPS) is 12.1. The van der Waals surface area contributed by atoms with Crippen LogP contribution in [-0.4, -0.2) is 39.1 Å². The Balaban J connectivity index is 2.03. The first kappa shape index (κ1) is 23.7. The van der Waals surface area contributed by atoms with Crippen LogP contribution in [0.3, 0.4) is 0 Å². The second-order valence-corrected chi connectivity index (χ2v) is 12.0. The van der Waals surface area contributed by atoms with Gasteiger partial charge in [0.15, 0.2) is 5.78 Å². The molecule has 176 valence electrons. The molecule has 1 heterocycles. The molecule has 7 nitrogen and oxygen atoms in total. The topological polar surface area (TPSA) is 102 Å². The zero-order valence-electron chi connectivity index (χ0n) is 19.2. The molecule has 0 saturated carbocycles. The molecular weight excluding hydrogens is 472 g/mol. The van der Waals surface area contributed by atoms with Crippen LogP contribution in [0, 0.1) is 13.8 Å². The first-order valence-electron chi connectivity index (χ1n) is 10.4. The summed E-state index contributed by atoms with van der Waals surface area (Å²) in [6.07, 6.45) is 2.11. The van der Waals surface area contributed by atoms with E-state index in [1.165, 1.54) is 0 Å². The number of ketones is 1. The maximum absolute atomic E-state index is 13.2. The highest BCUT2D eigenvalue weighted by molar-refractivity contribution is 7.92. The Kier molecular flexibility index (Phi) is 5.87. The second-order valence-electron chi connectivity index (χ2n) is 8.40. The molecule has 0 bridgehead atoms. The molecule has 0 fully saturated rings. The van der Waals surface area contributed by atoms with Gasteiger partial charge in [-0.15, -0.1) is 0 Å². The largest absolute Gasteiger partial charge is 0.289 e. The van der Waals surface area contributed by atoms with E-state index in [-0.39, 0.29) is 11.5 Å². The Labute approximate surface area is 199 Å². The van der Waals surface area contributed by atoms with E-state index in [0.717, 1.165) is 22.0 Å². The average Bonchev–Trinajstić information content (AvgIpc) is 3.12. The van der Waals surface area contributed by atoms with Crippen LogP contribution in [0.15, 0.2) is 66.7 Å². The van der Waals surface area contributed by atoms with Gasteiger partial charge in [-0.3, -0.25) is 9.52 Å². The number of benzene rings is 3. The van der Waals surface area contributed by atoms with Crippen molar-refractivity contribution < 1.29 is 21.6 Å². The van der Waals surface area contributed by atoms with Crippen LogP contribution in [0.1, 0.15) is 27.0 Å². The molecule has 0 radical (unpaired) electrons. The number of carbonyl (C=O) groups is 1. The molecule has 0 amide bonds. The molecule has 0 aliphatic rings. The summed E-state index contributed by atoms with van der Waals surface area (Å²) in [5.74, 6) is -0.210. The number of sulfonamides is 1. The van der Waals surface area contributed by atoms with Gasteiger partial charge in [0, 0.05) is 22.1 Å². The molecule has 34 heavy (non-hydrogen) atoms. The lowest BCUT2D eigenvalue weighted by atomic mass is 9.98. The van der Waals surface area contributed by atoms with Gasteiger partial charge in [0.1, 0.15) is 0 Å². The molecule has 9 heteroatoms. The zero-order valence-corrected chi connectivity index (χ0v) is 20.8.